The van der Waals surface area contributed by atoms with Gasteiger partial charge in [0.1, 0.15) is 5.60 Å². The number of hydrogen-bond acceptors (Lipinski definition) is 6. The van der Waals surface area contributed by atoms with Crippen molar-refractivity contribution in [1.29, 1.82) is 0 Å². The van der Waals surface area contributed by atoms with E-state index in [1.807, 2.05) is 0 Å². The Morgan fingerprint density at radius 3 is 2.17 bits per heavy atom. The number of ether oxygens (including phenoxy) is 1. The zero-order valence-electron chi connectivity index (χ0n) is 11.0. The average Bonchev–Trinajstić information content (AvgIpc) is 2.21. The van der Waals surface area contributed by atoms with Crippen molar-refractivity contribution in [2.45, 2.75) is 51.2 Å². The van der Waals surface area contributed by atoms with Crippen LogP contribution in [0.25, 0.3) is 0 Å². The predicted octanol–water partition coefficient (Wildman–Crippen LogP) is 0.259. The number of carbonyl (C=O) groups excluding carboxylic acids is 1. The standard InChI is InChI=1S/C11H22N2O5/c1-10(2,3)18-9(16)11(13-17,8(14)15)6-4-5-7-12/h13,17H,4-7,12H2,1-3H3,(H,14,15)/t11-/m0/s1. The van der Waals surface area contributed by atoms with Crippen LogP contribution in [-0.2, 0) is 14.3 Å². The fourth-order valence-corrected chi connectivity index (χ4v) is 1.35. The van der Waals surface area contributed by atoms with Gasteiger partial charge in [0.05, 0.1) is 0 Å². The second-order valence-corrected chi connectivity index (χ2v) is 5.07. The van der Waals surface area contributed by atoms with Crippen molar-refractivity contribution in [3.05, 3.63) is 0 Å². The quantitative estimate of drug-likeness (QED) is 0.225. The van der Waals surface area contributed by atoms with Crippen molar-refractivity contribution in [2.24, 2.45) is 5.73 Å². The highest BCUT2D eigenvalue weighted by atomic mass is 16.6. The number of unbranched alkanes of at least 4 members (excludes halogenated alkanes) is 1. The maximum Gasteiger partial charge on any atom is 0.340 e. The molecule has 0 aliphatic carbocycles. The van der Waals surface area contributed by atoms with Crippen molar-refractivity contribution >= 4 is 11.9 Å². The Labute approximate surface area is 106 Å². The molecular formula is C11H22N2O5. The van der Waals surface area contributed by atoms with E-state index < -0.39 is 23.1 Å². The van der Waals surface area contributed by atoms with Crippen molar-refractivity contribution in [1.82, 2.24) is 5.48 Å². The van der Waals surface area contributed by atoms with Crippen LogP contribution in [-0.4, -0.2) is 39.9 Å². The lowest BCUT2D eigenvalue weighted by atomic mass is 9.93. The molecule has 0 aromatic heterocycles. The molecule has 0 saturated heterocycles. The lowest BCUT2D eigenvalue weighted by molar-refractivity contribution is -0.178. The first-order chi connectivity index (χ1) is 8.19. The van der Waals surface area contributed by atoms with Gasteiger partial charge in [-0.2, -0.15) is 5.48 Å². The van der Waals surface area contributed by atoms with E-state index in [4.69, 9.17) is 20.8 Å². The second-order valence-electron chi connectivity index (χ2n) is 5.07. The molecule has 106 valence electrons. The van der Waals surface area contributed by atoms with Gasteiger partial charge in [-0.1, -0.05) is 0 Å². The zero-order valence-corrected chi connectivity index (χ0v) is 11.0. The maximum absolute atomic E-state index is 11.9. The van der Waals surface area contributed by atoms with Crippen LogP contribution in [0, 0.1) is 0 Å². The summed E-state index contributed by atoms with van der Waals surface area (Å²) in [7, 11) is 0. The van der Waals surface area contributed by atoms with Gasteiger partial charge in [0.2, 0.25) is 5.54 Å². The Hall–Kier alpha value is -1.18. The number of carboxylic acids is 1. The van der Waals surface area contributed by atoms with Crippen molar-refractivity contribution < 1.29 is 24.6 Å². The van der Waals surface area contributed by atoms with Gasteiger partial charge in [0.25, 0.3) is 0 Å². The molecule has 7 nitrogen and oxygen atoms in total. The van der Waals surface area contributed by atoms with Crippen LogP contribution in [0.5, 0.6) is 0 Å². The second kappa shape index (κ2) is 6.67. The highest BCUT2D eigenvalue weighted by molar-refractivity contribution is 6.04. The molecule has 5 N–H and O–H groups in total. The average molecular weight is 262 g/mol. The highest BCUT2D eigenvalue weighted by Gasteiger charge is 2.48. The Morgan fingerprint density at radius 1 is 1.28 bits per heavy atom. The first-order valence-electron chi connectivity index (χ1n) is 5.78. The third-order valence-corrected chi connectivity index (χ3v) is 2.31. The summed E-state index contributed by atoms with van der Waals surface area (Å²) in [6, 6.07) is 0. The number of esters is 1. The zero-order chi connectivity index (χ0) is 14.4. The Kier molecular flexibility index (Phi) is 6.23. The fraction of sp³-hybridized carbons (Fsp3) is 0.818. The van der Waals surface area contributed by atoms with Gasteiger partial charge in [0.15, 0.2) is 0 Å². The van der Waals surface area contributed by atoms with E-state index in [0.717, 1.165) is 0 Å². The monoisotopic (exact) mass is 262 g/mol. The third kappa shape index (κ3) is 4.59. The molecule has 0 spiro atoms. The minimum atomic E-state index is -2.14. The van der Waals surface area contributed by atoms with Crippen LogP contribution < -0.4 is 11.2 Å². The van der Waals surface area contributed by atoms with Crippen LogP contribution in [0.3, 0.4) is 0 Å². The lowest BCUT2D eigenvalue weighted by Gasteiger charge is -2.29. The topological polar surface area (TPSA) is 122 Å². The highest BCUT2D eigenvalue weighted by Crippen LogP contribution is 2.20. The molecule has 0 amide bonds. The largest absolute Gasteiger partial charge is 0.479 e. The van der Waals surface area contributed by atoms with Gasteiger partial charge >= 0.3 is 11.9 Å². The number of hydroxylamine groups is 1. The summed E-state index contributed by atoms with van der Waals surface area (Å²) >= 11 is 0. The Morgan fingerprint density at radius 2 is 1.83 bits per heavy atom. The number of nitrogens with one attached hydrogen (secondary N) is 1. The van der Waals surface area contributed by atoms with Gasteiger partial charge < -0.3 is 20.8 Å². The SMILES string of the molecule is CC(C)(C)OC(=O)[C@@](CCCCN)(NO)C(=O)O. The minimum absolute atomic E-state index is 0.0923. The molecule has 0 saturated carbocycles. The van der Waals surface area contributed by atoms with E-state index >= 15 is 0 Å². The molecule has 1 atom stereocenters. The van der Waals surface area contributed by atoms with Crippen molar-refractivity contribution in [3.63, 3.8) is 0 Å². The molecule has 0 bridgehead atoms. The normalized spacial score (nSPS) is 14.9. The molecule has 0 aliphatic rings. The molecule has 0 aliphatic heterocycles. The maximum atomic E-state index is 11.9. The number of hydrogen-bond donors (Lipinski definition) is 4. The number of aliphatic carboxylic acids is 1. The molecule has 0 fully saturated rings. The minimum Gasteiger partial charge on any atom is -0.479 e. The fourth-order valence-electron chi connectivity index (χ4n) is 1.35. The third-order valence-electron chi connectivity index (χ3n) is 2.31. The van der Waals surface area contributed by atoms with E-state index in [2.05, 4.69) is 0 Å². The molecule has 0 radical (unpaired) electrons. The van der Waals surface area contributed by atoms with Crippen molar-refractivity contribution in [2.75, 3.05) is 6.54 Å². The first-order valence-corrected chi connectivity index (χ1v) is 5.78. The summed E-state index contributed by atoms with van der Waals surface area (Å²) in [5, 5.41) is 18.2. The number of rotatable bonds is 7. The first kappa shape index (κ1) is 16.8. The van der Waals surface area contributed by atoms with Crippen molar-refractivity contribution in [3.8, 4) is 0 Å². The molecule has 18 heavy (non-hydrogen) atoms. The lowest BCUT2D eigenvalue weighted by Crippen LogP contribution is -2.59. The van der Waals surface area contributed by atoms with Crippen LogP contribution in [0.15, 0.2) is 0 Å². The number of carbonyl (C=O) groups is 2. The molecule has 0 heterocycles. The summed E-state index contributed by atoms with van der Waals surface area (Å²) in [6.45, 7) is 5.24. The summed E-state index contributed by atoms with van der Waals surface area (Å²) < 4.78 is 5.01. The van der Waals surface area contributed by atoms with Gasteiger partial charge in [-0.05, 0) is 46.6 Å². The Bertz CT molecular complexity index is 300. The Balaban J connectivity index is 4.95. The van der Waals surface area contributed by atoms with E-state index in [0.29, 0.717) is 19.4 Å². The summed E-state index contributed by atoms with van der Waals surface area (Å²) in [5.74, 6) is -2.49. The number of nitrogens with two attached hydrogens (primary N) is 1. The van der Waals surface area contributed by atoms with Gasteiger partial charge in [-0.15, -0.1) is 0 Å². The van der Waals surface area contributed by atoms with Crippen LogP contribution in [0.2, 0.25) is 0 Å². The van der Waals surface area contributed by atoms with Gasteiger partial charge in [-0.3, -0.25) is 0 Å². The molecule has 0 aromatic rings. The van der Waals surface area contributed by atoms with E-state index in [1.54, 1.807) is 26.3 Å². The summed E-state index contributed by atoms with van der Waals surface area (Å²) in [6.07, 6.45) is 0.847. The van der Waals surface area contributed by atoms with Crippen LogP contribution >= 0.6 is 0 Å². The van der Waals surface area contributed by atoms with E-state index in [9.17, 15) is 9.59 Å². The molecular weight excluding hydrogens is 240 g/mol. The summed E-state index contributed by atoms with van der Waals surface area (Å²) in [4.78, 5) is 23.1. The molecule has 0 aromatic carbocycles. The molecule has 0 rings (SSSR count). The van der Waals surface area contributed by atoms with E-state index in [-0.39, 0.29) is 6.42 Å². The smallest absolute Gasteiger partial charge is 0.340 e. The summed E-state index contributed by atoms with van der Waals surface area (Å²) in [5.41, 5.74) is 3.92. The number of carboxylic acid groups (broad SMARTS) is 1. The van der Waals surface area contributed by atoms with E-state index in [1.165, 1.54) is 0 Å². The molecule has 7 heteroatoms. The predicted molar refractivity (Wildman–Crippen MR) is 64.0 cm³/mol. The van der Waals surface area contributed by atoms with Gasteiger partial charge in [-0.25, -0.2) is 9.59 Å². The van der Waals surface area contributed by atoms with Gasteiger partial charge in [0, 0.05) is 0 Å². The van der Waals surface area contributed by atoms with Crippen LogP contribution in [0.1, 0.15) is 40.0 Å². The van der Waals surface area contributed by atoms with Crippen LogP contribution in [0.4, 0.5) is 0 Å². The molecule has 0 unspecified atom stereocenters.